The molecular weight excluding hydrogens is 348 g/mol. The summed E-state index contributed by atoms with van der Waals surface area (Å²) in [5, 5.41) is 10.2. The minimum Gasteiger partial charge on any atom is -0.324 e. The number of rotatable bonds is 3. The number of benzene rings is 2. The largest absolute Gasteiger partial charge is 0.324 e. The normalized spacial score (nSPS) is 13.0. The van der Waals surface area contributed by atoms with Crippen LogP contribution in [0.2, 0.25) is 0 Å². The van der Waals surface area contributed by atoms with Gasteiger partial charge < -0.3 is 10.6 Å². The van der Waals surface area contributed by atoms with E-state index in [-0.39, 0.29) is 11.8 Å². The van der Waals surface area contributed by atoms with Crippen LogP contribution in [0.5, 0.6) is 0 Å². The molecule has 2 amide bonds. The van der Waals surface area contributed by atoms with Crippen LogP contribution in [0.15, 0.2) is 59.5 Å². The summed E-state index contributed by atoms with van der Waals surface area (Å²) in [6.45, 7) is 1.88. The number of hydrogen-bond acceptors (Lipinski definition) is 4. The summed E-state index contributed by atoms with van der Waals surface area (Å²) < 4.78 is 1.70. The van der Waals surface area contributed by atoms with Crippen LogP contribution in [-0.2, 0) is 4.79 Å². The Morgan fingerprint density at radius 3 is 2.81 bits per heavy atom. The number of nitrogens with one attached hydrogen (secondary N) is 2. The van der Waals surface area contributed by atoms with Crippen molar-refractivity contribution < 1.29 is 9.59 Å². The van der Waals surface area contributed by atoms with Crippen molar-refractivity contribution in [3.8, 4) is 5.69 Å². The first-order chi connectivity index (χ1) is 12.6. The summed E-state index contributed by atoms with van der Waals surface area (Å²) in [6.07, 6.45) is 0. The fourth-order valence-electron chi connectivity index (χ4n) is 2.77. The van der Waals surface area contributed by atoms with E-state index >= 15 is 0 Å². The van der Waals surface area contributed by atoms with Crippen molar-refractivity contribution >= 4 is 35.1 Å². The molecule has 2 N–H and O–H groups in total. The van der Waals surface area contributed by atoms with E-state index < -0.39 is 0 Å². The summed E-state index contributed by atoms with van der Waals surface area (Å²) >= 11 is 1.47. The van der Waals surface area contributed by atoms with E-state index in [1.165, 1.54) is 11.8 Å². The number of aryl methyl sites for hydroxylation is 1. The second-order valence-corrected chi connectivity index (χ2v) is 6.94. The smallest absolute Gasteiger partial charge is 0.256 e. The molecule has 0 radical (unpaired) electrons. The minimum absolute atomic E-state index is 0.0576. The molecule has 0 bridgehead atoms. The molecule has 0 aliphatic carbocycles. The molecular formula is C19H16N4O2S. The van der Waals surface area contributed by atoms with Crippen molar-refractivity contribution in [2.24, 2.45) is 0 Å². The minimum atomic E-state index is -0.255. The Bertz CT molecular complexity index is 998. The Morgan fingerprint density at radius 2 is 2.00 bits per heavy atom. The van der Waals surface area contributed by atoms with Gasteiger partial charge in [0.15, 0.2) is 0 Å². The lowest BCUT2D eigenvalue weighted by molar-refractivity contribution is -0.113. The molecule has 1 aliphatic rings. The molecule has 0 unspecified atom stereocenters. The number of carbonyl (C=O) groups is 2. The molecule has 1 aromatic heterocycles. The molecule has 4 rings (SSSR count). The highest BCUT2D eigenvalue weighted by Gasteiger charge is 2.18. The molecule has 0 atom stereocenters. The first-order valence-corrected chi connectivity index (χ1v) is 9.09. The zero-order valence-corrected chi connectivity index (χ0v) is 14.8. The highest BCUT2D eigenvalue weighted by Crippen LogP contribution is 2.32. The molecule has 0 spiro atoms. The van der Waals surface area contributed by atoms with Crippen molar-refractivity contribution in [2.45, 2.75) is 11.8 Å². The highest BCUT2D eigenvalue weighted by atomic mass is 32.2. The van der Waals surface area contributed by atoms with Gasteiger partial charge in [-0.05, 0) is 37.3 Å². The number of para-hydroxylation sites is 1. The number of amides is 2. The van der Waals surface area contributed by atoms with Crippen molar-refractivity contribution in [1.82, 2.24) is 9.78 Å². The van der Waals surface area contributed by atoms with Gasteiger partial charge in [0.05, 0.1) is 22.8 Å². The fraction of sp³-hybridized carbons (Fsp3) is 0.105. The van der Waals surface area contributed by atoms with Crippen molar-refractivity contribution in [2.75, 3.05) is 16.4 Å². The monoisotopic (exact) mass is 364 g/mol. The number of fused-ring (bicyclic) bond motifs is 1. The second-order valence-electron chi connectivity index (χ2n) is 5.92. The van der Waals surface area contributed by atoms with Gasteiger partial charge in [0.1, 0.15) is 5.82 Å². The van der Waals surface area contributed by atoms with Gasteiger partial charge in [-0.15, -0.1) is 11.8 Å². The van der Waals surface area contributed by atoms with Crippen LogP contribution in [-0.4, -0.2) is 27.3 Å². The van der Waals surface area contributed by atoms with Crippen LogP contribution in [0.4, 0.5) is 11.5 Å². The number of aromatic nitrogens is 2. The van der Waals surface area contributed by atoms with Crippen LogP contribution in [0.25, 0.3) is 5.69 Å². The van der Waals surface area contributed by atoms with Gasteiger partial charge in [-0.3, -0.25) is 9.59 Å². The Hall–Kier alpha value is -3.06. The third kappa shape index (κ3) is 3.21. The molecule has 1 aliphatic heterocycles. The standard InChI is InChI=1S/C19H16N4O2S/c1-12-9-17(23(22-12)14-5-3-2-4-6-14)21-19(25)13-7-8-16-15(10-13)20-18(24)11-26-16/h2-10H,11H2,1H3,(H,20,24)(H,21,25). The molecule has 2 heterocycles. The van der Waals surface area contributed by atoms with E-state index in [2.05, 4.69) is 15.7 Å². The lowest BCUT2D eigenvalue weighted by Gasteiger charge is -2.17. The average molecular weight is 364 g/mol. The fourth-order valence-corrected chi connectivity index (χ4v) is 3.56. The van der Waals surface area contributed by atoms with E-state index in [9.17, 15) is 9.59 Å². The molecule has 130 valence electrons. The SMILES string of the molecule is Cc1cc(NC(=O)c2ccc3c(c2)NC(=O)CS3)n(-c2ccccc2)n1. The van der Waals surface area contributed by atoms with Gasteiger partial charge in [-0.25, -0.2) is 4.68 Å². The Labute approximate surface area is 154 Å². The van der Waals surface area contributed by atoms with Gasteiger partial charge in [-0.2, -0.15) is 5.10 Å². The van der Waals surface area contributed by atoms with Gasteiger partial charge in [-0.1, -0.05) is 18.2 Å². The Morgan fingerprint density at radius 1 is 1.19 bits per heavy atom. The average Bonchev–Trinajstić information content (AvgIpc) is 3.02. The molecule has 26 heavy (non-hydrogen) atoms. The zero-order valence-electron chi connectivity index (χ0n) is 14.0. The second kappa shape index (κ2) is 6.68. The van der Waals surface area contributed by atoms with Crippen molar-refractivity contribution in [3.63, 3.8) is 0 Å². The molecule has 6 nitrogen and oxygen atoms in total. The summed E-state index contributed by atoms with van der Waals surface area (Å²) in [7, 11) is 0. The van der Waals surface area contributed by atoms with E-state index in [1.54, 1.807) is 16.8 Å². The Balaban J connectivity index is 1.62. The van der Waals surface area contributed by atoms with Crippen LogP contribution < -0.4 is 10.6 Å². The van der Waals surface area contributed by atoms with Gasteiger partial charge >= 0.3 is 0 Å². The predicted molar refractivity (Wildman–Crippen MR) is 102 cm³/mol. The van der Waals surface area contributed by atoms with E-state index in [1.807, 2.05) is 49.4 Å². The summed E-state index contributed by atoms with van der Waals surface area (Å²) in [5.41, 5.74) is 2.82. The summed E-state index contributed by atoms with van der Waals surface area (Å²) in [4.78, 5) is 25.2. The maximum Gasteiger partial charge on any atom is 0.256 e. The molecule has 0 saturated heterocycles. The first kappa shape index (κ1) is 16.4. The summed E-state index contributed by atoms with van der Waals surface area (Å²) in [6, 6.07) is 16.7. The van der Waals surface area contributed by atoms with Gasteiger partial charge in [0, 0.05) is 16.5 Å². The lowest BCUT2D eigenvalue weighted by atomic mass is 10.2. The van der Waals surface area contributed by atoms with Gasteiger partial charge in [0.25, 0.3) is 5.91 Å². The van der Waals surface area contributed by atoms with E-state index in [4.69, 9.17) is 0 Å². The van der Waals surface area contributed by atoms with Crippen molar-refractivity contribution in [1.29, 1.82) is 0 Å². The van der Waals surface area contributed by atoms with Crippen LogP contribution in [0, 0.1) is 6.92 Å². The van der Waals surface area contributed by atoms with Crippen LogP contribution >= 0.6 is 11.8 Å². The van der Waals surface area contributed by atoms with Gasteiger partial charge in [0.2, 0.25) is 5.91 Å². The topological polar surface area (TPSA) is 76.0 Å². The first-order valence-electron chi connectivity index (χ1n) is 8.10. The number of carbonyl (C=O) groups excluding carboxylic acids is 2. The number of thioether (sulfide) groups is 1. The third-order valence-electron chi connectivity index (χ3n) is 3.95. The maximum absolute atomic E-state index is 12.7. The van der Waals surface area contributed by atoms with E-state index in [0.717, 1.165) is 16.3 Å². The predicted octanol–water partition coefficient (Wildman–Crippen LogP) is 3.48. The van der Waals surface area contributed by atoms with E-state index in [0.29, 0.717) is 22.8 Å². The molecule has 0 fully saturated rings. The summed E-state index contributed by atoms with van der Waals surface area (Å²) in [5.74, 6) is 0.677. The van der Waals surface area contributed by atoms with Crippen LogP contribution in [0.1, 0.15) is 16.1 Å². The quantitative estimate of drug-likeness (QED) is 0.746. The number of anilines is 2. The molecule has 2 aromatic carbocycles. The van der Waals surface area contributed by atoms with Crippen molar-refractivity contribution in [3.05, 3.63) is 65.9 Å². The third-order valence-corrected chi connectivity index (χ3v) is 5.02. The maximum atomic E-state index is 12.7. The number of hydrogen-bond donors (Lipinski definition) is 2. The lowest BCUT2D eigenvalue weighted by Crippen LogP contribution is -2.20. The molecule has 3 aromatic rings. The zero-order chi connectivity index (χ0) is 18.1. The Kier molecular flexibility index (Phi) is 4.22. The molecule has 0 saturated carbocycles. The van der Waals surface area contributed by atoms with Crippen LogP contribution in [0.3, 0.4) is 0 Å². The highest BCUT2D eigenvalue weighted by molar-refractivity contribution is 8.00. The molecule has 7 heteroatoms. The number of nitrogens with zero attached hydrogens (tertiary/aromatic N) is 2.